The van der Waals surface area contributed by atoms with Crippen LogP contribution in [0.1, 0.15) is 85.0 Å². The zero-order valence-corrected chi connectivity index (χ0v) is 27.1. The molecular weight excluding hydrogens is 620 g/mol. The van der Waals surface area contributed by atoms with Crippen molar-refractivity contribution in [2.24, 2.45) is 11.8 Å². The largest absolute Gasteiger partial charge is 0.456 e. The quantitative estimate of drug-likeness (QED) is 0.114. The summed E-state index contributed by atoms with van der Waals surface area (Å²) in [6.45, 7) is 10.5. The topological polar surface area (TPSA) is 227 Å². The first kappa shape index (κ1) is 35.4. The van der Waals surface area contributed by atoms with E-state index < -0.39 is 93.7 Å². The number of hydrogen-bond donors (Lipinski definition) is 6. The van der Waals surface area contributed by atoms with Crippen molar-refractivity contribution in [2.75, 3.05) is 13.2 Å². The minimum Gasteiger partial charge on any atom is -0.456 e. The standard InChI is InChI=1S/C17H24O7.C16H22O7/c1-10(2)13(19)23-4-12(18)24-17-8-14(20)5-15(21,9-17)7-16(22,6-14)11(17)3;1-3-11(17)22-4-12(18)23-16-8-13(19)5-14(20,9-16)7-15(21,6-13)10(16)2/h11,20-22H,1,4-9H2,2-3H3;3,10,19-21H,1,4-9H2,2H3. The minimum atomic E-state index is -1.28. The van der Waals surface area contributed by atoms with E-state index in [1.807, 2.05) is 0 Å². The van der Waals surface area contributed by atoms with Crippen LogP contribution in [0, 0.1) is 11.8 Å². The maximum Gasteiger partial charge on any atom is 0.344 e. The third-order valence-electron chi connectivity index (χ3n) is 11.4. The number of esters is 4. The summed E-state index contributed by atoms with van der Waals surface area (Å²) in [5, 5.41) is 64.5. The molecule has 14 heteroatoms. The molecule has 0 aromatic heterocycles. The zero-order valence-electron chi connectivity index (χ0n) is 27.1. The van der Waals surface area contributed by atoms with Gasteiger partial charge in [-0.05, 0) is 6.92 Å². The summed E-state index contributed by atoms with van der Waals surface area (Å²) in [7, 11) is 0. The summed E-state index contributed by atoms with van der Waals surface area (Å²) < 4.78 is 20.5. The van der Waals surface area contributed by atoms with Gasteiger partial charge in [0, 0.05) is 87.7 Å². The number of hydrogen-bond acceptors (Lipinski definition) is 14. The van der Waals surface area contributed by atoms with Gasteiger partial charge < -0.3 is 49.6 Å². The summed E-state index contributed by atoms with van der Waals surface area (Å²) in [4.78, 5) is 46.6. The Bertz CT molecular complexity index is 1350. The highest BCUT2D eigenvalue weighted by atomic mass is 16.6. The van der Waals surface area contributed by atoms with Gasteiger partial charge in [-0.15, -0.1) is 0 Å². The molecular formula is C33H46O14. The molecule has 6 N–H and O–H groups in total. The van der Waals surface area contributed by atoms with Crippen molar-refractivity contribution < 1.29 is 68.8 Å². The summed E-state index contributed by atoms with van der Waals surface area (Å²) >= 11 is 0. The molecule has 8 bridgehead atoms. The van der Waals surface area contributed by atoms with E-state index in [0.29, 0.717) is 0 Å². The van der Waals surface area contributed by atoms with Crippen molar-refractivity contribution >= 4 is 23.9 Å². The second-order valence-corrected chi connectivity index (χ2v) is 15.6. The average molecular weight is 667 g/mol. The zero-order chi connectivity index (χ0) is 35.1. The average Bonchev–Trinajstić information content (AvgIpc) is 2.89. The fourth-order valence-electron chi connectivity index (χ4n) is 10.2. The third-order valence-corrected chi connectivity index (χ3v) is 11.4. The minimum absolute atomic E-state index is 0.159. The first-order valence-corrected chi connectivity index (χ1v) is 15.8. The van der Waals surface area contributed by atoms with Gasteiger partial charge in [-0.1, -0.05) is 27.0 Å². The van der Waals surface area contributed by atoms with Crippen molar-refractivity contribution in [2.45, 2.75) is 130 Å². The van der Waals surface area contributed by atoms with Crippen LogP contribution in [0.2, 0.25) is 0 Å². The van der Waals surface area contributed by atoms with Crippen LogP contribution in [0.5, 0.6) is 0 Å². The molecule has 0 spiro atoms. The normalized spacial score (nSPS) is 46.5. The molecule has 14 nitrogen and oxygen atoms in total. The lowest BCUT2D eigenvalue weighted by molar-refractivity contribution is -0.327. The van der Waals surface area contributed by atoms with Gasteiger partial charge in [0.05, 0.1) is 33.6 Å². The van der Waals surface area contributed by atoms with Gasteiger partial charge in [-0.25, -0.2) is 19.2 Å². The molecule has 0 heterocycles. The Balaban J connectivity index is 0.000000185. The van der Waals surface area contributed by atoms with E-state index in [1.54, 1.807) is 13.8 Å². The molecule has 8 aliphatic rings. The van der Waals surface area contributed by atoms with Gasteiger partial charge in [0.15, 0.2) is 13.2 Å². The fraction of sp³-hybridized carbons (Fsp3) is 0.758. The smallest absolute Gasteiger partial charge is 0.344 e. The number of ether oxygens (including phenoxy) is 4. The highest BCUT2D eigenvalue weighted by Crippen LogP contribution is 2.65. The van der Waals surface area contributed by atoms with Crippen molar-refractivity contribution in [1.29, 1.82) is 0 Å². The van der Waals surface area contributed by atoms with Crippen LogP contribution >= 0.6 is 0 Å². The molecule has 0 aromatic rings. The molecule has 6 unspecified atom stereocenters. The molecule has 0 aliphatic heterocycles. The molecule has 0 aromatic carbocycles. The first-order chi connectivity index (χ1) is 21.4. The Morgan fingerprint density at radius 3 is 1.30 bits per heavy atom. The number of rotatable bonds is 8. The number of aliphatic hydroxyl groups is 6. The van der Waals surface area contributed by atoms with E-state index >= 15 is 0 Å². The van der Waals surface area contributed by atoms with E-state index in [0.717, 1.165) is 6.08 Å². The molecule has 8 aliphatic carbocycles. The van der Waals surface area contributed by atoms with Crippen molar-refractivity contribution in [1.82, 2.24) is 0 Å². The van der Waals surface area contributed by atoms with Crippen molar-refractivity contribution in [3.05, 3.63) is 24.8 Å². The molecule has 0 amide bonds. The van der Waals surface area contributed by atoms with Gasteiger partial charge >= 0.3 is 23.9 Å². The Kier molecular flexibility index (Phi) is 8.35. The van der Waals surface area contributed by atoms with E-state index in [-0.39, 0.29) is 69.8 Å². The Morgan fingerprint density at radius 2 is 0.979 bits per heavy atom. The van der Waals surface area contributed by atoms with Crippen LogP contribution in [0.25, 0.3) is 0 Å². The van der Waals surface area contributed by atoms with Gasteiger partial charge in [-0.3, -0.25) is 0 Å². The summed E-state index contributed by atoms with van der Waals surface area (Å²) in [6.07, 6.45) is 2.55. The summed E-state index contributed by atoms with van der Waals surface area (Å²) in [6, 6.07) is 0. The molecule has 8 saturated carbocycles. The number of carbonyl (C=O) groups is 4. The second-order valence-electron chi connectivity index (χ2n) is 15.6. The van der Waals surface area contributed by atoms with Gasteiger partial charge in [0.2, 0.25) is 0 Å². The predicted octanol–water partition coefficient (Wildman–Crippen LogP) is 0.0267. The Morgan fingerprint density at radius 1 is 0.638 bits per heavy atom. The van der Waals surface area contributed by atoms with Gasteiger partial charge in [-0.2, -0.15) is 0 Å². The molecule has 262 valence electrons. The van der Waals surface area contributed by atoms with Crippen molar-refractivity contribution in [3.63, 3.8) is 0 Å². The highest BCUT2D eigenvalue weighted by Gasteiger charge is 2.74. The van der Waals surface area contributed by atoms with Crippen LogP contribution < -0.4 is 0 Å². The predicted molar refractivity (Wildman–Crippen MR) is 159 cm³/mol. The summed E-state index contributed by atoms with van der Waals surface area (Å²) in [5.41, 5.74) is -9.77. The van der Waals surface area contributed by atoms with E-state index in [9.17, 15) is 49.8 Å². The van der Waals surface area contributed by atoms with Crippen LogP contribution in [0.15, 0.2) is 24.8 Å². The van der Waals surface area contributed by atoms with E-state index in [1.165, 1.54) is 6.92 Å². The lowest BCUT2D eigenvalue weighted by Crippen LogP contribution is -2.76. The maximum absolute atomic E-state index is 12.1. The van der Waals surface area contributed by atoms with E-state index in [2.05, 4.69) is 17.9 Å². The molecule has 8 fully saturated rings. The van der Waals surface area contributed by atoms with E-state index in [4.69, 9.17) is 14.2 Å². The van der Waals surface area contributed by atoms with Crippen LogP contribution in [-0.2, 0) is 38.1 Å². The SMILES string of the molecule is C=C(C)C(=O)OCC(=O)OC12CC3(O)CC(O)(CC(O)(C3)C1C)C2.C=CC(=O)OCC(=O)OC12CC3(O)CC(O)(CC(O)(C3)C1C)C2. The molecule has 8 rings (SSSR count). The Hall–Kier alpha value is -2.88. The molecule has 0 radical (unpaired) electrons. The Labute approximate surface area is 272 Å². The van der Waals surface area contributed by atoms with Crippen molar-refractivity contribution in [3.8, 4) is 0 Å². The van der Waals surface area contributed by atoms with Crippen LogP contribution in [0.3, 0.4) is 0 Å². The van der Waals surface area contributed by atoms with Crippen LogP contribution in [-0.4, -0.2) is 113 Å². The monoisotopic (exact) mass is 666 g/mol. The fourth-order valence-corrected chi connectivity index (χ4v) is 10.2. The summed E-state index contributed by atoms with van der Waals surface area (Å²) in [5.74, 6) is -3.85. The maximum atomic E-state index is 12.1. The molecule has 0 saturated heterocycles. The number of carbonyl (C=O) groups excluding carboxylic acids is 4. The second kappa shape index (κ2) is 11.1. The lowest BCUT2D eigenvalue weighted by atomic mass is 9.45. The van der Waals surface area contributed by atoms with Crippen LogP contribution in [0.4, 0.5) is 0 Å². The molecule has 6 atom stereocenters. The lowest BCUT2D eigenvalue weighted by Gasteiger charge is -2.67. The third kappa shape index (κ3) is 6.35. The molecule has 47 heavy (non-hydrogen) atoms. The first-order valence-electron chi connectivity index (χ1n) is 15.8. The van der Waals surface area contributed by atoms with Gasteiger partial charge in [0.1, 0.15) is 11.2 Å². The van der Waals surface area contributed by atoms with Gasteiger partial charge in [0.25, 0.3) is 0 Å². The highest BCUT2D eigenvalue weighted by molar-refractivity contribution is 5.88.